The molecule has 0 aromatic carbocycles. The zero-order valence-electron chi connectivity index (χ0n) is 13.0. The van der Waals surface area contributed by atoms with Crippen LogP contribution in [0.25, 0.3) is 0 Å². The molecule has 0 bridgehead atoms. The third kappa shape index (κ3) is 4.41. The minimum Gasteiger partial charge on any atom is -0.370 e. The van der Waals surface area contributed by atoms with Crippen LogP contribution in [-0.4, -0.2) is 28.0 Å². The molecule has 0 unspecified atom stereocenters. The summed E-state index contributed by atoms with van der Waals surface area (Å²) in [5, 5.41) is 6.74. The molecule has 0 fully saturated rings. The molecule has 2 heterocycles. The van der Waals surface area contributed by atoms with Crippen molar-refractivity contribution in [3.05, 3.63) is 41.5 Å². The van der Waals surface area contributed by atoms with Crippen molar-refractivity contribution in [1.82, 2.24) is 15.0 Å². The molecule has 112 valence electrons. The summed E-state index contributed by atoms with van der Waals surface area (Å²) in [4.78, 5) is 13.3. The predicted molar refractivity (Wildman–Crippen MR) is 86.7 cm³/mol. The van der Waals surface area contributed by atoms with Crippen molar-refractivity contribution in [2.75, 3.05) is 23.7 Å². The van der Waals surface area contributed by atoms with Gasteiger partial charge in [-0.25, -0.2) is 9.97 Å². The third-order valence-electron chi connectivity index (χ3n) is 3.20. The number of hydrogen-bond acceptors (Lipinski definition) is 5. The van der Waals surface area contributed by atoms with Crippen LogP contribution in [0, 0.1) is 13.8 Å². The molecule has 0 spiro atoms. The Morgan fingerprint density at radius 2 is 1.71 bits per heavy atom. The van der Waals surface area contributed by atoms with Gasteiger partial charge in [-0.15, -0.1) is 0 Å². The average molecular weight is 285 g/mol. The standard InChI is InChI=1S/C16H23N5/c1-4-9-18-15-12(2)16(21-13(3)20-15)19-11-8-14-7-5-6-10-17-14/h5-7,10H,4,8-9,11H2,1-3H3,(H2,18,19,20,21). The molecule has 2 aromatic heterocycles. The summed E-state index contributed by atoms with van der Waals surface area (Å²) >= 11 is 0. The fraction of sp³-hybridized carbons (Fsp3) is 0.438. The molecule has 0 atom stereocenters. The summed E-state index contributed by atoms with van der Waals surface area (Å²) in [5.41, 5.74) is 2.15. The first-order valence-corrected chi connectivity index (χ1v) is 7.43. The van der Waals surface area contributed by atoms with E-state index in [-0.39, 0.29) is 0 Å². The van der Waals surface area contributed by atoms with Crippen molar-refractivity contribution in [3.8, 4) is 0 Å². The Kier molecular flexibility index (Phi) is 5.49. The van der Waals surface area contributed by atoms with Gasteiger partial charge in [-0.3, -0.25) is 4.98 Å². The second-order valence-corrected chi connectivity index (χ2v) is 5.02. The SMILES string of the molecule is CCCNc1nc(C)nc(NCCc2ccccn2)c1C. The van der Waals surface area contributed by atoms with Crippen LogP contribution in [-0.2, 0) is 6.42 Å². The Labute approximate surface area is 126 Å². The molecule has 0 aliphatic heterocycles. The van der Waals surface area contributed by atoms with Crippen LogP contribution in [0.1, 0.15) is 30.4 Å². The second-order valence-electron chi connectivity index (χ2n) is 5.02. The smallest absolute Gasteiger partial charge is 0.134 e. The van der Waals surface area contributed by atoms with Crippen molar-refractivity contribution >= 4 is 11.6 Å². The lowest BCUT2D eigenvalue weighted by molar-refractivity contribution is 0.925. The molecular formula is C16H23N5. The average Bonchev–Trinajstić information content (AvgIpc) is 2.50. The fourth-order valence-electron chi connectivity index (χ4n) is 2.07. The molecule has 2 rings (SSSR count). The predicted octanol–water partition coefficient (Wildman–Crippen LogP) is 2.96. The summed E-state index contributed by atoms with van der Waals surface area (Å²) in [6, 6.07) is 5.98. The number of aryl methyl sites for hydroxylation is 1. The van der Waals surface area contributed by atoms with E-state index >= 15 is 0 Å². The normalized spacial score (nSPS) is 10.4. The van der Waals surface area contributed by atoms with E-state index in [1.165, 1.54) is 0 Å². The van der Waals surface area contributed by atoms with E-state index in [1.807, 2.05) is 38.2 Å². The number of hydrogen-bond donors (Lipinski definition) is 2. The quantitative estimate of drug-likeness (QED) is 0.819. The highest BCUT2D eigenvalue weighted by Crippen LogP contribution is 2.19. The van der Waals surface area contributed by atoms with E-state index in [2.05, 4.69) is 32.5 Å². The van der Waals surface area contributed by atoms with Crippen LogP contribution in [0.3, 0.4) is 0 Å². The maximum atomic E-state index is 4.49. The van der Waals surface area contributed by atoms with E-state index in [0.29, 0.717) is 0 Å². The Balaban J connectivity index is 2.00. The van der Waals surface area contributed by atoms with Gasteiger partial charge in [0.05, 0.1) is 0 Å². The fourth-order valence-corrected chi connectivity index (χ4v) is 2.07. The molecule has 0 saturated heterocycles. The second kappa shape index (κ2) is 7.57. The van der Waals surface area contributed by atoms with E-state index in [9.17, 15) is 0 Å². The van der Waals surface area contributed by atoms with Crippen molar-refractivity contribution in [1.29, 1.82) is 0 Å². The number of pyridine rings is 1. The summed E-state index contributed by atoms with van der Waals surface area (Å²) in [6.07, 6.45) is 3.77. The highest BCUT2D eigenvalue weighted by Gasteiger charge is 2.08. The van der Waals surface area contributed by atoms with Crippen LogP contribution in [0.5, 0.6) is 0 Å². The zero-order valence-corrected chi connectivity index (χ0v) is 13.0. The van der Waals surface area contributed by atoms with Gasteiger partial charge in [0.15, 0.2) is 0 Å². The molecular weight excluding hydrogens is 262 g/mol. The van der Waals surface area contributed by atoms with Crippen LogP contribution in [0.2, 0.25) is 0 Å². The van der Waals surface area contributed by atoms with Gasteiger partial charge in [-0.05, 0) is 32.4 Å². The van der Waals surface area contributed by atoms with Gasteiger partial charge in [0.1, 0.15) is 17.5 Å². The first-order chi connectivity index (χ1) is 10.2. The lowest BCUT2D eigenvalue weighted by atomic mass is 10.2. The number of nitrogens with one attached hydrogen (secondary N) is 2. The molecule has 0 aliphatic carbocycles. The first-order valence-electron chi connectivity index (χ1n) is 7.43. The van der Waals surface area contributed by atoms with Gasteiger partial charge >= 0.3 is 0 Å². The van der Waals surface area contributed by atoms with Crippen molar-refractivity contribution in [3.63, 3.8) is 0 Å². The van der Waals surface area contributed by atoms with Gasteiger partial charge in [0.2, 0.25) is 0 Å². The molecule has 0 radical (unpaired) electrons. The maximum absolute atomic E-state index is 4.49. The number of anilines is 2. The lowest BCUT2D eigenvalue weighted by Gasteiger charge is -2.13. The van der Waals surface area contributed by atoms with Gasteiger partial charge in [0.25, 0.3) is 0 Å². The minimum absolute atomic E-state index is 0.777. The van der Waals surface area contributed by atoms with E-state index in [0.717, 1.165) is 54.6 Å². The monoisotopic (exact) mass is 285 g/mol. The van der Waals surface area contributed by atoms with Crippen molar-refractivity contribution in [2.24, 2.45) is 0 Å². The van der Waals surface area contributed by atoms with Gasteiger partial charge < -0.3 is 10.6 Å². The van der Waals surface area contributed by atoms with E-state index < -0.39 is 0 Å². The molecule has 2 aromatic rings. The summed E-state index contributed by atoms with van der Waals surface area (Å²) in [5.74, 6) is 2.60. The van der Waals surface area contributed by atoms with Gasteiger partial charge in [0, 0.05) is 37.0 Å². The Morgan fingerprint density at radius 1 is 1.00 bits per heavy atom. The highest BCUT2D eigenvalue weighted by molar-refractivity contribution is 5.57. The molecule has 0 amide bonds. The number of nitrogens with zero attached hydrogens (tertiary/aromatic N) is 3. The van der Waals surface area contributed by atoms with Crippen LogP contribution < -0.4 is 10.6 Å². The molecule has 2 N–H and O–H groups in total. The first kappa shape index (κ1) is 15.2. The molecule has 0 aliphatic rings. The lowest BCUT2D eigenvalue weighted by Crippen LogP contribution is -2.12. The van der Waals surface area contributed by atoms with Crippen LogP contribution in [0.4, 0.5) is 11.6 Å². The molecule has 0 saturated carbocycles. The minimum atomic E-state index is 0.777. The molecule has 21 heavy (non-hydrogen) atoms. The summed E-state index contributed by atoms with van der Waals surface area (Å²) < 4.78 is 0. The van der Waals surface area contributed by atoms with Gasteiger partial charge in [-0.2, -0.15) is 0 Å². The summed E-state index contributed by atoms with van der Waals surface area (Å²) in [6.45, 7) is 7.83. The third-order valence-corrected chi connectivity index (χ3v) is 3.20. The van der Waals surface area contributed by atoms with Gasteiger partial charge in [-0.1, -0.05) is 13.0 Å². The largest absolute Gasteiger partial charge is 0.370 e. The van der Waals surface area contributed by atoms with Crippen LogP contribution >= 0.6 is 0 Å². The Hall–Kier alpha value is -2.17. The van der Waals surface area contributed by atoms with Crippen molar-refractivity contribution < 1.29 is 0 Å². The Morgan fingerprint density at radius 3 is 2.33 bits per heavy atom. The maximum Gasteiger partial charge on any atom is 0.134 e. The Bertz CT molecular complexity index is 568. The highest BCUT2D eigenvalue weighted by atomic mass is 15.1. The number of rotatable bonds is 7. The van der Waals surface area contributed by atoms with Crippen LogP contribution in [0.15, 0.2) is 24.4 Å². The van der Waals surface area contributed by atoms with E-state index in [4.69, 9.17) is 0 Å². The molecule has 5 heteroatoms. The van der Waals surface area contributed by atoms with E-state index in [1.54, 1.807) is 0 Å². The topological polar surface area (TPSA) is 62.7 Å². The molecule has 5 nitrogen and oxygen atoms in total. The number of aromatic nitrogens is 3. The zero-order chi connectivity index (χ0) is 15.1. The summed E-state index contributed by atoms with van der Waals surface area (Å²) in [7, 11) is 0. The van der Waals surface area contributed by atoms with Crippen molar-refractivity contribution in [2.45, 2.75) is 33.6 Å².